The van der Waals surface area contributed by atoms with Crippen molar-refractivity contribution in [3.8, 4) is 0 Å². The number of urea groups is 1. The number of ether oxygens (including phenoxy) is 1. The SMILES string of the molecule is O=C(OCc1csc([N+](=O)[O-])c1)C1CCCN(C(=O)Nc2ccccc2)C1. The van der Waals surface area contributed by atoms with Crippen LogP contribution >= 0.6 is 11.3 Å². The van der Waals surface area contributed by atoms with Crippen molar-refractivity contribution in [2.45, 2.75) is 19.4 Å². The molecule has 8 nitrogen and oxygen atoms in total. The zero-order chi connectivity index (χ0) is 19.2. The third-order valence-corrected chi connectivity index (χ3v) is 5.20. The second kappa shape index (κ2) is 8.63. The standard InChI is InChI=1S/C18H19N3O5S/c22-17(26-11-13-9-16(21(24)25)27-12-13)14-5-4-8-20(10-14)18(23)19-15-6-2-1-3-7-15/h1-3,6-7,9,12,14H,4-5,8,10-11H2,(H,19,23). The van der Waals surface area contributed by atoms with Crippen molar-refractivity contribution >= 4 is 34.0 Å². The van der Waals surface area contributed by atoms with Crippen LogP contribution in [0.25, 0.3) is 0 Å². The van der Waals surface area contributed by atoms with Crippen LogP contribution in [0.15, 0.2) is 41.8 Å². The number of nitro groups is 1. The molecule has 1 N–H and O–H groups in total. The predicted octanol–water partition coefficient (Wildman–Crippen LogP) is 3.64. The molecule has 0 bridgehead atoms. The molecule has 142 valence electrons. The zero-order valence-corrected chi connectivity index (χ0v) is 15.3. The number of esters is 1. The van der Waals surface area contributed by atoms with Crippen molar-refractivity contribution in [3.05, 3.63) is 57.5 Å². The second-order valence-corrected chi connectivity index (χ2v) is 7.13. The van der Waals surface area contributed by atoms with Crippen molar-refractivity contribution in [1.29, 1.82) is 0 Å². The number of hydrogen-bond donors (Lipinski definition) is 1. The molecule has 27 heavy (non-hydrogen) atoms. The van der Waals surface area contributed by atoms with Crippen molar-refractivity contribution in [1.82, 2.24) is 4.90 Å². The maximum absolute atomic E-state index is 12.4. The molecular formula is C18H19N3O5S. The van der Waals surface area contributed by atoms with Gasteiger partial charge in [-0.15, -0.1) is 0 Å². The molecule has 1 aliphatic heterocycles. The number of para-hydroxylation sites is 1. The second-order valence-electron chi connectivity index (χ2n) is 6.24. The molecule has 1 aliphatic rings. The smallest absolute Gasteiger partial charge is 0.324 e. The Labute approximate surface area is 159 Å². The number of rotatable bonds is 5. The first-order valence-electron chi connectivity index (χ1n) is 8.52. The van der Waals surface area contributed by atoms with E-state index in [1.54, 1.807) is 22.4 Å². The number of carbonyl (C=O) groups excluding carboxylic acids is 2. The van der Waals surface area contributed by atoms with Crippen LogP contribution in [0.2, 0.25) is 0 Å². The van der Waals surface area contributed by atoms with Gasteiger partial charge < -0.3 is 15.0 Å². The fourth-order valence-corrected chi connectivity index (χ4v) is 3.60. The number of hydrogen-bond acceptors (Lipinski definition) is 6. The van der Waals surface area contributed by atoms with Gasteiger partial charge in [-0.25, -0.2) is 4.79 Å². The molecule has 2 amide bonds. The Morgan fingerprint density at radius 2 is 2.11 bits per heavy atom. The van der Waals surface area contributed by atoms with Crippen LogP contribution in [0.1, 0.15) is 18.4 Å². The summed E-state index contributed by atoms with van der Waals surface area (Å²) in [5.74, 6) is -0.782. The molecule has 0 saturated carbocycles. The highest BCUT2D eigenvalue weighted by atomic mass is 32.1. The van der Waals surface area contributed by atoms with Crippen LogP contribution in [0.3, 0.4) is 0 Å². The Kier molecular flexibility index (Phi) is 6.02. The zero-order valence-electron chi connectivity index (χ0n) is 14.5. The number of nitrogens with zero attached hydrogens (tertiary/aromatic N) is 2. The summed E-state index contributed by atoms with van der Waals surface area (Å²) < 4.78 is 5.29. The maximum atomic E-state index is 12.4. The number of amides is 2. The Balaban J connectivity index is 1.51. The third kappa shape index (κ3) is 5.04. The van der Waals surface area contributed by atoms with Crippen molar-refractivity contribution < 1.29 is 19.2 Å². The summed E-state index contributed by atoms with van der Waals surface area (Å²) >= 11 is 0.999. The highest BCUT2D eigenvalue weighted by Crippen LogP contribution is 2.24. The van der Waals surface area contributed by atoms with Crippen LogP contribution in [-0.2, 0) is 16.1 Å². The lowest BCUT2D eigenvalue weighted by Gasteiger charge is -2.31. The summed E-state index contributed by atoms with van der Waals surface area (Å²) in [7, 11) is 0. The molecule has 1 unspecified atom stereocenters. The number of anilines is 1. The Morgan fingerprint density at radius 1 is 1.33 bits per heavy atom. The lowest BCUT2D eigenvalue weighted by atomic mass is 9.98. The minimum absolute atomic E-state index is 0.00408. The van der Waals surface area contributed by atoms with Crippen molar-refractivity contribution in [3.63, 3.8) is 0 Å². The van der Waals surface area contributed by atoms with Crippen molar-refractivity contribution in [2.24, 2.45) is 5.92 Å². The number of carbonyl (C=O) groups is 2. The highest BCUT2D eigenvalue weighted by Gasteiger charge is 2.29. The van der Waals surface area contributed by atoms with Crippen LogP contribution in [0.4, 0.5) is 15.5 Å². The minimum Gasteiger partial charge on any atom is -0.461 e. The van der Waals surface area contributed by atoms with Gasteiger partial charge in [-0.05, 0) is 25.0 Å². The first-order valence-corrected chi connectivity index (χ1v) is 9.40. The average Bonchev–Trinajstić information content (AvgIpc) is 3.16. The molecule has 0 aliphatic carbocycles. The van der Waals surface area contributed by atoms with E-state index in [9.17, 15) is 19.7 Å². The molecule has 1 fully saturated rings. The molecule has 2 heterocycles. The van der Waals surface area contributed by atoms with Gasteiger partial charge in [-0.1, -0.05) is 29.5 Å². The highest BCUT2D eigenvalue weighted by molar-refractivity contribution is 7.13. The van der Waals surface area contributed by atoms with E-state index in [2.05, 4.69) is 5.32 Å². The van der Waals surface area contributed by atoms with E-state index >= 15 is 0 Å². The average molecular weight is 389 g/mol. The van der Waals surface area contributed by atoms with E-state index in [0.717, 1.165) is 11.3 Å². The molecule has 1 aromatic carbocycles. The first kappa shape index (κ1) is 18.8. The molecule has 9 heteroatoms. The van der Waals surface area contributed by atoms with Crippen LogP contribution in [-0.4, -0.2) is 34.9 Å². The van der Waals surface area contributed by atoms with Gasteiger partial charge in [-0.2, -0.15) is 0 Å². The summed E-state index contributed by atoms with van der Waals surface area (Å²) in [6, 6.07) is 10.3. The predicted molar refractivity (Wildman–Crippen MR) is 101 cm³/mol. The Hall–Kier alpha value is -2.94. The van der Waals surface area contributed by atoms with Gasteiger partial charge in [0.2, 0.25) is 0 Å². The number of likely N-dealkylation sites (tertiary alicyclic amines) is 1. The minimum atomic E-state index is -0.472. The normalized spacial score (nSPS) is 16.6. The summed E-state index contributed by atoms with van der Waals surface area (Å²) in [5.41, 5.74) is 1.29. The van der Waals surface area contributed by atoms with E-state index in [4.69, 9.17) is 4.74 Å². The van der Waals surface area contributed by atoms with Crippen LogP contribution in [0, 0.1) is 16.0 Å². The molecular weight excluding hydrogens is 370 g/mol. The number of benzene rings is 1. The topological polar surface area (TPSA) is 102 Å². The summed E-state index contributed by atoms with van der Waals surface area (Å²) in [4.78, 5) is 36.5. The molecule has 1 atom stereocenters. The Morgan fingerprint density at radius 3 is 2.81 bits per heavy atom. The molecule has 2 aromatic rings. The first-order chi connectivity index (χ1) is 13.0. The molecule has 1 aromatic heterocycles. The quantitative estimate of drug-likeness (QED) is 0.478. The van der Waals surface area contributed by atoms with E-state index in [0.29, 0.717) is 37.2 Å². The van der Waals surface area contributed by atoms with Crippen molar-refractivity contribution in [2.75, 3.05) is 18.4 Å². The fourth-order valence-electron chi connectivity index (χ4n) is 2.88. The van der Waals surface area contributed by atoms with Gasteiger partial charge in [0.25, 0.3) is 0 Å². The van der Waals surface area contributed by atoms with Crippen LogP contribution < -0.4 is 5.32 Å². The monoisotopic (exact) mass is 389 g/mol. The number of thiophene rings is 1. The van der Waals surface area contributed by atoms with E-state index in [1.165, 1.54) is 6.07 Å². The van der Waals surface area contributed by atoms with E-state index in [-0.39, 0.29) is 23.6 Å². The van der Waals surface area contributed by atoms with Crippen LogP contribution in [0.5, 0.6) is 0 Å². The lowest BCUT2D eigenvalue weighted by molar-refractivity contribution is -0.380. The number of piperidine rings is 1. The largest absolute Gasteiger partial charge is 0.461 e. The van der Waals surface area contributed by atoms with Gasteiger partial charge in [0, 0.05) is 35.8 Å². The lowest BCUT2D eigenvalue weighted by Crippen LogP contribution is -2.44. The van der Waals surface area contributed by atoms with E-state index < -0.39 is 10.8 Å². The van der Waals surface area contributed by atoms with Gasteiger partial charge in [0.05, 0.1) is 10.8 Å². The summed E-state index contributed by atoms with van der Waals surface area (Å²) in [6.45, 7) is 0.871. The summed E-state index contributed by atoms with van der Waals surface area (Å²) in [6.07, 6.45) is 1.36. The molecule has 0 spiro atoms. The third-order valence-electron chi connectivity index (χ3n) is 4.27. The number of nitrogens with one attached hydrogen (secondary N) is 1. The molecule has 1 saturated heterocycles. The van der Waals surface area contributed by atoms with E-state index in [1.807, 2.05) is 18.2 Å². The van der Waals surface area contributed by atoms with Gasteiger partial charge >= 0.3 is 17.0 Å². The van der Waals surface area contributed by atoms with Gasteiger partial charge in [-0.3, -0.25) is 14.9 Å². The maximum Gasteiger partial charge on any atom is 0.324 e. The fraction of sp³-hybridized carbons (Fsp3) is 0.333. The summed E-state index contributed by atoms with van der Waals surface area (Å²) in [5, 5.41) is 15.1. The Bertz CT molecular complexity index is 823. The molecule has 3 rings (SSSR count). The van der Waals surface area contributed by atoms with Gasteiger partial charge in [0.15, 0.2) is 0 Å². The molecule has 0 radical (unpaired) electrons. The van der Waals surface area contributed by atoms with Gasteiger partial charge in [0.1, 0.15) is 6.61 Å².